The van der Waals surface area contributed by atoms with Crippen molar-refractivity contribution >= 4 is 0 Å². The summed E-state index contributed by atoms with van der Waals surface area (Å²) in [6, 6.07) is 3.77. The second-order valence-corrected chi connectivity index (χ2v) is 3.81. The van der Waals surface area contributed by atoms with Crippen molar-refractivity contribution in [2.24, 2.45) is 5.92 Å². The fourth-order valence-corrected chi connectivity index (χ4v) is 1.58. The molecule has 1 aliphatic carbocycles. The number of aliphatic hydroxyl groups excluding tert-OH is 1. The SMILES string of the molecule is OC(Cc1c(F)cccc1F)C1CC1. The van der Waals surface area contributed by atoms with Gasteiger partial charge < -0.3 is 5.11 Å². The quantitative estimate of drug-likeness (QED) is 0.790. The topological polar surface area (TPSA) is 20.2 Å². The van der Waals surface area contributed by atoms with Crippen molar-refractivity contribution in [3.05, 3.63) is 35.4 Å². The average Bonchev–Trinajstić information content (AvgIpc) is 2.94. The first kappa shape index (κ1) is 9.59. The zero-order valence-corrected chi connectivity index (χ0v) is 7.71. The maximum Gasteiger partial charge on any atom is 0.129 e. The molecule has 0 saturated heterocycles. The minimum absolute atomic E-state index is 0.00639. The van der Waals surface area contributed by atoms with Crippen LogP contribution in [0.1, 0.15) is 18.4 Å². The number of hydrogen-bond donors (Lipinski definition) is 1. The molecule has 0 heterocycles. The lowest BCUT2D eigenvalue weighted by Crippen LogP contribution is -2.14. The molecule has 0 spiro atoms. The van der Waals surface area contributed by atoms with E-state index < -0.39 is 17.7 Å². The Hall–Kier alpha value is -0.960. The van der Waals surface area contributed by atoms with Gasteiger partial charge in [0.05, 0.1) is 6.10 Å². The van der Waals surface area contributed by atoms with Crippen LogP contribution in [-0.4, -0.2) is 11.2 Å². The summed E-state index contributed by atoms with van der Waals surface area (Å²) in [5.41, 5.74) is 0.00639. The molecule has 1 nitrogen and oxygen atoms in total. The molecular weight excluding hydrogens is 186 g/mol. The minimum atomic E-state index is -0.596. The summed E-state index contributed by atoms with van der Waals surface area (Å²) in [7, 11) is 0. The van der Waals surface area contributed by atoms with Gasteiger partial charge in [0.25, 0.3) is 0 Å². The van der Waals surface area contributed by atoms with Crippen LogP contribution in [0.4, 0.5) is 8.78 Å². The Morgan fingerprint density at radius 1 is 1.29 bits per heavy atom. The van der Waals surface area contributed by atoms with Gasteiger partial charge in [0.2, 0.25) is 0 Å². The van der Waals surface area contributed by atoms with Crippen LogP contribution >= 0.6 is 0 Å². The van der Waals surface area contributed by atoms with Crippen molar-refractivity contribution in [2.75, 3.05) is 0 Å². The van der Waals surface area contributed by atoms with Crippen molar-refractivity contribution in [1.82, 2.24) is 0 Å². The summed E-state index contributed by atoms with van der Waals surface area (Å²) >= 11 is 0. The van der Waals surface area contributed by atoms with E-state index in [1.54, 1.807) is 0 Å². The van der Waals surface area contributed by atoms with Crippen molar-refractivity contribution in [2.45, 2.75) is 25.4 Å². The molecule has 3 heteroatoms. The zero-order valence-electron chi connectivity index (χ0n) is 7.71. The monoisotopic (exact) mass is 198 g/mol. The number of hydrogen-bond acceptors (Lipinski definition) is 1. The first-order valence-corrected chi connectivity index (χ1v) is 4.79. The van der Waals surface area contributed by atoms with Crippen molar-refractivity contribution in [3.8, 4) is 0 Å². The molecule has 0 aliphatic heterocycles. The molecule has 1 aromatic carbocycles. The molecule has 0 bridgehead atoms. The van der Waals surface area contributed by atoms with E-state index in [4.69, 9.17) is 0 Å². The Labute approximate surface area is 81.4 Å². The van der Waals surface area contributed by atoms with Crippen LogP contribution in [0.3, 0.4) is 0 Å². The highest BCUT2D eigenvalue weighted by atomic mass is 19.1. The third-order valence-corrected chi connectivity index (χ3v) is 2.64. The molecule has 1 N–H and O–H groups in total. The summed E-state index contributed by atoms with van der Waals surface area (Å²) in [5.74, 6) is -0.886. The van der Waals surface area contributed by atoms with Gasteiger partial charge in [-0.2, -0.15) is 0 Å². The standard InChI is InChI=1S/C11H12F2O/c12-9-2-1-3-10(13)8(9)6-11(14)7-4-5-7/h1-3,7,11,14H,4-6H2. The van der Waals surface area contributed by atoms with Gasteiger partial charge in [-0.25, -0.2) is 8.78 Å². The van der Waals surface area contributed by atoms with Gasteiger partial charge in [-0.1, -0.05) is 6.07 Å². The molecular formula is C11H12F2O. The van der Waals surface area contributed by atoms with Gasteiger partial charge in [0, 0.05) is 12.0 Å². The van der Waals surface area contributed by atoms with Gasteiger partial charge in [0.1, 0.15) is 11.6 Å². The molecule has 1 saturated carbocycles. The summed E-state index contributed by atoms with van der Waals surface area (Å²) < 4.78 is 26.3. The van der Waals surface area contributed by atoms with E-state index in [-0.39, 0.29) is 17.9 Å². The maximum atomic E-state index is 13.1. The lowest BCUT2D eigenvalue weighted by Gasteiger charge is -2.10. The molecule has 1 aromatic rings. The number of halogens is 2. The molecule has 1 aliphatic rings. The molecule has 0 radical (unpaired) electrons. The van der Waals surface area contributed by atoms with Crippen LogP contribution in [0.15, 0.2) is 18.2 Å². The summed E-state index contributed by atoms with van der Waals surface area (Å²) in [6.07, 6.45) is 1.43. The summed E-state index contributed by atoms with van der Waals surface area (Å²) in [6.45, 7) is 0. The van der Waals surface area contributed by atoms with Gasteiger partial charge in [-0.3, -0.25) is 0 Å². The molecule has 0 aromatic heterocycles. The second kappa shape index (κ2) is 3.65. The zero-order chi connectivity index (χ0) is 10.1. The molecule has 0 amide bonds. The molecule has 14 heavy (non-hydrogen) atoms. The third-order valence-electron chi connectivity index (χ3n) is 2.64. The smallest absolute Gasteiger partial charge is 0.129 e. The number of benzene rings is 1. The van der Waals surface area contributed by atoms with Crippen LogP contribution in [0.5, 0.6) is 0 Å². The molecule has 1 unspecified atom stereocenters. The van der Waals surface area contributed by atoms with E-state index in [9.17, 15) is 13.9 Å². The predicted molar refractivity (Wildman–Crippen MR) is 48.8 cm³/mol. The van der Waals surface area contributed by atoms with Crippen molar-refractivity contribution in [3.63, 3.8) is 0 Å². The fraction of sp³-hybridized carbons (Fsp3) is 0.455. The van der Waals surface area contributed by atoms with Gasteiger partial charge >= 0.3 is 0 Å². The Morgan fingerprint density at radius 2 is 1.86 bits per heavy atom. The van der Waals surface area contributed by atoms with Crippen molar-refractivity contribution in [1.29, 1.82) is 0 Å². The predicted octanol–water partition coefficient (Wildman–Crippen LogP) is 2.28. The van der Waals surface area contributed by atoms with E-state index in [1.807, 2.05) is 0 Å². The van der Waals surface area contributed by atoms with Crippen LogP contribution in [0, 0.1) is 17.6 Å². The Morgan fingerprint density at radius 3 is 2.36 bits per heavy atom. The maximum absolute atomic E-state index is 13.1. The van der Waals surface area contributed by atoms with Crippen LogP contribution in [-0.2, 0) is 6.42 Å². The van der Waals surface area contributed by atoms with Gasteiger partial charge in [0.15, 0.2) is 0 Å². The Balaban J connectivity index is 2.14. The number of aliphatic hydroxyl groups is 1. The summed E-state index contributed by atoms with van der Waals surface area (Å²) in [4.78, 5) is 0. The molecule has 76 valence electrons. The van der Waals surface area contributed by atoms with Gasteiger partial charge in [-0.05, 0) is 30.9 Å². The Kier molecular flexibility index (Phi) is 2.50. The van der Waals surface area contributed by atoms with E-state index in [1.165, 1.54) is 18.2 Å². The van der Waals surface area contributed by atoms with Crippen molar-refractivity contribution < 1.29 is 13.9 Å². The van der Waals surface area contributed by atoms with E-state index in [2.05, 4.69) is 0 Å². The van der Waals surface area contributed by atoms with E-state index >= 15 is 0 Å². The minimum Gasteiger partial charge on any atom is -0.392 e. The average molecular weight is 198 g/mol. The van der Waals surface area contributed by atoms with Crippen LogP contribution < -0.4 is 0 Å². The molecule has 1 fully saturated rings. The first-order chi connectivity index (χ1) is 6.68. The fourth-order valence-electron chi connectivity index (χ4n) is 1.58. The van der Waals surface area contributed by atoms with E-state index in [0.717, 1.165) is 12.8 Å². The highest BCUT2D eigenvalue weighted by molar-refractivity contribution is 5.20. The number of rotatable bonds is 3. The summed E-state index contributed by atoms with van der Waals surface area (Å²) in [5, 5.41) is 9.56. The highest BCUT2D eigenvalue weighted by Gasteiger charge is 2.30. The van der Waals surface area contributed by atoms with Crippen LogP contribution in [0.2, 0.25) is 0 Å². The lowest BCUT2D eigenvalue weighted by atomic mass is 10.0. The molecule has 1 atom stereocenters. The van der Waals surface area contributed by atoms with Gasteiger partial charge in [-0.15, -0.1) is 0 Å². The van der Waals surface area contributed by atoms with E-state index in [0.29, 0.717) is 0 Å². The first-order valence-electron chi connectivity index (χ1n) is 4.79. The lowest BCUT2D eigenvalue weighted by molar-refractivity contribution is 0.149. The Bertz CT molecular complexity index is 314. The second-order valence-electron chi connectivity index (χ2n) is 3.81. The third kappa shape index (κ3) is 1.93. The normalized spacial score (nSPS) is 18.2. The van der Waals surface area contributed by atoms with Crippen LogP contribution in [0.25, 0.3) is 0 Å². The largest absolute Gasteiger partial charge is 0.392 e. The highest BCUT2D eigenvalue weighted by Crippen LogP contribution is 2.34. The molecule has 2 rings (SSSR count).